The fourth-order valence-corrected chi connectivity index (χ4v) is 1.79. The summed E-state index contributed by atoms with van der Waals surface area (Å²) in [6.07, 6.45) is 0. The average Bonchev–Trinajstić information content (AvgIpc) is 2.17. The first-order valence-electron chi connectivity index (χ1n) is 5.33. The largest absolute Gasteiger partial charge is 0.377 e. The molecule has 0 heterocycles. The van der Waals surface area contributed by atoms with E-state index >= 15 is 0 Å². The molecule has 0 unspecified atom stereocenters. The van der Waals surface area contributed by atoms with Gasteiger partial charge in [0.15, 0.2) is 5.78 Å². The molecule has 16 heavy (non-hydrogen) atoms. The number of nitrogens with zero attached hydrogens (tertiary/aromatic N) is 1. The van der Waals surface area contributed by atoms with Crippen LogP contribution in [0.4, 0.5) is 5.69 Å². The second-order valence-electron chi connectivity index (χ2n) is 4.12. The van der Waals surface area contributed by atoms with Gasteiger partial charge in [0.25, 0.3) is 0 Å². The number of likely N-dealkylation sites (N-methyl/N-ethyl adjacent to an activating group) is 1. The monoisotopic (exact) mass is 221 g/mol. The van der Waals surface area contributed by atoms with Crippen LogP contribution in [-0.4, -0.2) is 33.1 Å². The molecule has 0 aromatic heterocycles. The number of aryl methyl sites for hydroxylation is 2. The Labute approximate surface area is 97.0 Å². The molecule has 1 rings (SSSR count). The molecule has 0 aliphatic carbocycles. The first-order valence-corrected chi connectivity index (χ1v) is 5.33. The van der Waals surface area contributed by atoms with Gasteiger partial charge in [-0.25, -0.2) is 0 Å². The van der Waals surface area contributed by atoms with Crippen molar-refractivity contribution < 1.29 is 9.53 Å². The van der Waals surface area contributed by atoms with Gasteiger partial charge in [-0.1, -0.05) is 17.7 Å². The Bertz CT molecular complexity index is 374. The van der Waals surface area contributed by atoms with E-state index in [0.717, 1.165) is 5.69 Å². The molecule has 0 spiro atoms. The van der Waals surface area contributed by atoms with Crippen LogP contribution in [-0.2, 0) is 9.53 Å². The van der Waals surface area contributed by atoms with Crippen LogP contribution >= 0.6 is 0 Å². The van der Waals surface area contributed by atoms with Crippen LogP contribution in [0, 0.1) is 13.8 Å². The first-order chi connectivity index (χ1) is 7.54. The Morgan fingerprint density at radius 3 is 2.62 bits per heavy atom. The van der Waals surface area contributed by atoms with Gasteiger partial charge in [0.1, 0.15) is 6.61 Å². The molecule has 0 saturated carbocycles. The minimum absolute atomic E-state index is 0.0879. The van der Waals surface area contributed by atoms with E-state index in [4.69, 9.17) is 4.74 Å². The van der Waals surface area contributed by atoms with Crippen molar-refractivity contribution in [3.63, 3.8) is 0 Å². The molecule has 1 aromatic rings. The van der Waals surface area contributed by atoms with Crippen LogP contribution in [0.25, 0.3) is 0 Å². The summed E-state index contributed by atoms with van der Waals surface area (Å²) in [6, 6.07) is 6.22. The van der Waals surface area contributed by atoms with Gasteiger partial charge in [0, 0.05) is 19.8 Å². The Morgan fingerprint density at radius 2 is 2.06 bits per heavy atom. The van der Waals surface area contributed by atoms with E-state index in [0.29, 0.717) is 6.54 Å². The maximum atomic E-state index is 11.4. The highest BCUT2D eigenvalue weighted by Gasteiger charge is 2.09. The summed E-state index contributed by atoms with van der Waals surface area (Å²) in [5.74, 6) is 0.0879. The van der Waals surface area contributed by atoms with Crippen molar-refractivity contribution in [1.82, 2.24) is 0 Å². The Balaban J connectivity index is 2.72. The summed E-state index contributed by atoms with van der Waals surface area (Å²) in [5.41, 5.74) is 3.51. The maximum Gasteiger partial charge on any atom is 0.177 e. The van der Waals surface area contributed by atoms with E-state index in [2.05, 4.69) is 26.0 Å². The van der Waals surface area contributed by atoms with Crippen molar-refractivity contribution in [1.29, 1.82) is 0 Å². The zero-order valence-corrected chi connectivity index (χ0v) is 10.4. The zero-order valence-electron chi connectivity index (χ0n) is 10.4. The number of ether oxygens (including phenoxy) is 1. The summed E-state index contributed by atoms with van der Waals surface area (Å²) in [5, 5.41) is 0. The molecule has 0 saturated heterocycles. The van der Waals surface area contributed by atoms with E-state index in [1.807, 2.05) is 18.0 Å². The lowest BCUT2D eigenvalue weighted by Crippen LogP contribution is -2.28. The highest BCUT2D eigenvalue weighted by molar-refractivity contribution is 5.84. The normalized spacial score (nSPS) is 10.2. The van der Waals surface area contributed by atoms with Crippen molar-refractivity contribution in [2.45, 2.75) is 13.8 Å². The van der Waals surface area contributed by atoms with Crippen LogP contribution in [0.5, 0.6) is 0 Å². The van der Waals surface area contributed by atoms with Crippen molar-refractivity contribution in [2.75, 3.05) is 32.2 Å². The van der Waals surface area contributed by atoms with Gasteiger partial charge >= 0.3 is 0 Å². The lowest BCUT2D eigenvalue weighted by Gasteiger charge is -2.20. The van der Waals surface area contributed by atoms with Crippen LogP contribution in [0.3, 0.4) is 0 Å². The molecule has 3 nitrogen and oxygen atoms in total. The molecule has 0 atom stereocenters. The first kappa shape index (κ1) is 12.7. The molecule has 0 amide bonds. The van der Waals surface area contributed by atoms with E-state index in [1.54, 1.807) is 0 Å². The van der Waals surface area contributed by atoms with Crippen LogP contribution < -0.4 is 4.90 Å². The maximum absolute atomic E-state index is 11.4. The van der Waals surface area contributed by atoms with E-state index in [1.165, 1.54) is 18.2 Å². The predicted molar refractivity (Wildman–Crippen MR) is 66.1 cm³/mol. The predicted octanol–water partition coefficient (Wildman–Crippen LogP) is 1.96. The summed E-state index contributed by atoms with van der Waals surface area (Å²) in [6.45, 7) is 4.68. The summed E-state index contributed by atoms with van der Waals surface area (Å²) >= 11 is 0. The molecule has 1 aromatic carbocycles. The van der Waals surface area contributed by atoms with E-state index < -0.39 is 0 Å². The van der Waals surface area contributed by atoms with Gasteiger partial charge < -0.3 is 9.64 Å². The topological polar surface area (TPSA) is 29.5 Å². The number of hydrogen-bond acceptors (Lipinski definition) is 3. The number of anilines is 1. The third-order valence-corrected chi connectivity index (χ3v) is 2.48. The number of methoxy groups -OCH3 is 1. The Morgan fingerprint density at radius 1 is 1.38 bits per heavy atom. The van der Waals surface area contributed by atoms with Crippen LogP contribution in [0.15, 0.2) is 18.2 Å². The Hall–Kier alpha value is -1.35. The molecule has 0 fully saturated rings. The standard InChI is InChI=1S/C13H19NO2/c1-10-5-6-13(11(2)7-10)14(3)8-12(15)9-16-4/h5-7H,8-9H2,1-4H3. The molecule has 3 heteroatoms. The fourth-order valence-electron chi connectivity index (χ4n) is 1.79. The molecular weight excluding hydrogens is 202 g/mol. The van der Waals surface area contributed by atoms with Gasteiger partial charge in [0.2, 0.25) is 0 Å². The summed E-state index contributed by atoms with van der Waals surface area (Å²) in [4.78, 5) is 13.4. The van der Waals surface area contributed by atoms with E-state index in [-0.39, 0.29) is 12.4 Å². The SMILES string of the molecule is COCC(=O)CN(C)c1ccc(C)cc1C. The molecule has 88 valence electrons. The van der Waals surface area contributed by atoms with Crippen molar-refractivity contribution in [3.8, 4) is 0 Å². The number of Topliss-reactive ketones (excluding diaryl/α,β-unsaturated/α-hetero) is 1. The number of rotatable bonds is 5. The van der Waals surface area contributed by atoms with Gasteiger partial charge in [-0.05, 0) is 25.5 Å². The quantitative estimate of drug-likeness (QED) is 0.761. The lowest BCUT2D eigenvalue weighted by molar-refractivity contribution is -0.121. The Kier molecular flexibility index (Phi) is 4.50. The molecule has 0 aliphatic rings. The fraction of sp³-hybridized carbons (Fsp3) is 0.462. The van der Waals surface area contributed by atoms with E-state index in [9.17, 15) is 4.79 Å². The molecule has 0 bridgehead atoms. The molecule has 0 N–H and O–H groups in total. The van der Waals surface area contributed by atoms with Gasteiger partial charge in [-0.15, -0.1) is 0 Å². The van der Waals surface area contributed by atoms with Crippen molar-refractivity contribution in [2.24, 2.45) is 0 Å². The summed E-state index contributed by atoms with van der Waals surface area (Å²) in [7, 11) is 3.46. The second kappa shape index (κ2) is 5.66. The van der Waals surface area contributed by atoms with Gasteiger partial charge in [-0.2, -0.15) is 0 Å². The highest BCUT2D eigenvalue weighted by Crippen LogP contribution is 2.19. The van der Waals surface area contributed by atoms with Crippen molar-refractivity contribution >= 4 is 11.5 Å². The average molecular weight is 221 g/mol. The number of carbonyl (C=O) groups excluding carboxylic acids is 1. The zero-order chi connectivity index (χ0) is 12.1. The van der Waals surface area contributed by atoms with Crippen LogP contribution in [0.2, 0.25) is 0 Å². The summed E-state index contributed by atoms with van der Waals surface area (Å²) < 4.78 is 4.81. The highest BCUT2D eigenvalue weighted by atomic mass is 16.5. The number of hydrogen-bond donors (Lipinski definition) is 0. The second-order valence-corrected chi connectivity index (χ2v) is 4.12. The minimum atomic E-state index is 0.0879. The molecule has 0 radical (unpaired) electrons. The van der Waals surface area contributed by atoms with Crippen LogP contribution in [0.1, 0.15) is 11.1 Å². The lowest BCUT2D eigenvalue weighted by atomic mass is 10.1. The third-order valence-electron chi connectivity index (χ3n) is 2.48. The molecule has 0 aliphatic heterocycles. The number of benzene rings is 1. The van der Waals surface area contributed by atoms with Gasteiger partial charge in [0.05, 0.1) is 6.54 Å². The third kappa shape index (κ3) is 3.35. The number of carbonyl (C=O) groups is 1. The molecular formula is C13H19NO2. The minimum Gasteiger partial charge on any atom is -0.377 e. The smallest absolute Gasteiger partial charge is 0.177 e. The van der Waals surface area contributed by atoms with Gasteiger partial charge in [-0.3, -0.25) is 4.79 Å². The van der Waals surface area contributed by atoms with Crippen molar-refractivity contribution in [3.05, 3.63) is 29.3 Å². The number of ketones is 1.